The molecule has 0 amide bonds. The summed E-state index contributed by atoms with van der Waals surface area (Å²) in [5, 5.41) is 2.13. The minimum absolute atomic E-state index is 0.406. The van der Waals surface area contributed by atoms with Crippen molar-refractivity contribution in [2.75, 3.05) is 0 Å². The largest absolute Gasteiger partial charge is 0.495 e. The lowest BCUT2D eigenvalue weighted by Gasteiger charge is -2.32. The van der Waals surface area contributed by atoms with E-state index in [2.05, 4.69) is 119 Å². The molecule has 4 aromatic carbocycles. The quantitative estimate of drug-likeness (QED) is 0.220. The van der Waals surface area contributed by atoms with E-state index in [1.807, 2.05) is 12.1 Å². The number of rotatable bonds is 4. The average Bonchev–Trinajstić information content (AvgIpc) is 3.46. The first-order valence-electron chi connectivity index (χ1n) is 14.2. The average molecular weight is 524 g/mol. The van der Waals surface area contributed by atoms with E-state index in [1.165, 1.54) is 22.3 Å². The smallest absolute Gasteiger partial charge is 0.455 e. The van der Waals surface area contributed by atoms with Gasteiger partial charge in [-0.3, -0.25) is 0 Å². The third-order valence-electron chi connectivity index (χ3n) is 8.80. The highest BCUT2D eigenvalue weighted by atomic mass is 16.7. The van der Waals surface area contributed by atoms with E-state index in [0.29, 0.717) is 0 Å². The maximum atomic E-state index is 6.51. The first kappa shape index (κ1) is 25.1. The molecule has 4 heteroatoms. The second kappa shape index (κ2) is 9.37. The topological polar surface area (TPSA) is 31.6 Å². The summed E-state index contributed by atoms with van der Waals surface area (Å²) in [4.78, 5) is 0. The molecule has 0 radical (unpaired) electrons. The van der Waals surface area contributed by atoms with Crippen LogP contribution in [0.3, 0.4) is 0 Å². The second-order valence-corrected chi connectivity index (χ2v) is 11.9. The predicted octanol–water partition coefficient (Wildman–Crippen LogP) is 8.95. The first-order chi connectivity index (χ1) is 19.3. The fourth-order valence-electron chi connectivity index (χ4n) is 5.79. The van der Waals surface area contributed by atoms with Gasteiger partial charge in [-0.2, -0.15) is 0 Å². The van der Waals surface area contributed by atoms with Crippen LogP contribution in [0.25, 0.3) is 49.8 Å². The maximum absolute atomic E-state index is 6.51. The van der Waals surface area contributed by atoms with Gasteiger partial charge in [0.15, 0.2) is 0 Å². The molecule has 1 fully saturated rings. The van der Waals surface area contributed by atoms with Gasteiger partial charge in [0, 0.05) is 16.3 Å². The van der Waals surface area contributed by atoms with E-state index in [-0.39, 0.29) is 0 Å². The van der Waals surface area contributed by atoms with Crippen molar-refractivity contribution >= 4 is 40.1 Å². The first-order valence-corrected chi connectivity index (χ1v) is 14.2. The van der Waals surface area contributed by atoms with Gasteiger partial charge in [0.05, 0.1) is 11.2 Å². The van der Waals surface area contributed by atoms with Gasteiger partial charge < -0.3 is 13.7 Å². The summed E-state index contributed by atoms with van der Waals surface area (Å²) < 4.78 is 19.3. The van der Waals surface area contributed by atoms with Crippen molar-refractivity contribution in [3.8, 4) is 22.3 Å². The Bertz CT molecular complexity index is 1770. The second-order valence-electron chi connectivity index (χ2n) is 11.9. The van der Waals surface area contributed by atoms with E-state index in [1.54, 1.807) is 0 Å². The van der Waals surface area contributed by atoms with Crippen LogP contribution in [0, 0.1) is 0 Å². The molecule has 2 heterocycles. The Hall–Kier alpha value is -3.86. The standard InChI is InChI=1S/C36H33BO3/c1-35(2)36(3,4)40-37(39-35)31-14-9-15-32-33(31)30-13-8-12-29(34(30)38-32)28-22-20-27(21-23-28)26-18-16-25(17-19-26)24-10-6-5-7-11-24/h6,8-23H,5,7H2,1-4H3. The van der Waals surface area contributed by atoms with Crippen molar-refractivity contribution in [1.29, 1.82) is 0 Å². The molecule has 0 saturated carbocycles. The van der Waals surface area contributed by atoms with Crippen molar-refractivity contribution in [2.45, 2.75) is 51.7 Å². The van der Waals surface area contributed by atoms with Crippen molar-refractivity contribution < 1.29 is 13.7 Å². The van der Waals surface area contributed by atoms with Gasteiger partial charge >= 0.3 is 7.12 Å². The van der Waals surface area contributed by atoms with Crippen LogP contribution >= 0.6 is 0 Å². The van der Waals surface area contributed by atoms with Crippen LogP contribution in [0.2, 0.25) is 0 Å². The lowest BCUT2D eigenvalue weighted by molar-refractivity contribution is 0.00578. The summed E-state index contributed by atoms with van der Waals surface area (Å²) in [6.45, 7) is 8.34. The van der Waals surface area contributed by atoms with Gasteiger partial charge in [-0.1, -0.05) is 97.1 Å². The fourth-order valence-corrected chi connectivity index (χ4v) is 5.79. The summed E-state index contributed by atoms with van der Waals surface area (Å²) in [7, 11) is -0.450. The Balaban J connectivity index is 1.23. The van der Waals surface area contributed by atoms with Crippen molar-refractivity contribution in [1.82, 2.24) is 0 Å². The van der Waals surface area contributed by atoms with Gasteiger partial charge in [-0.15, -0.1) is 0 Å². The summed E-state index contributed by atoms with van der Waals surface area (Å²) in [6, 6.07) is 30.1. The predicted molar refractivity (Wildman–Crippen MR) is 167 cm³/mol. The molecule has 0 N–H and O–H groups in total. The molecule has 2 aliphatic rings. The van der Waals surface area contributed by atoms with Gasteiger partial charge in [0.25, 0.3) is 0 Å². The van der Waals surface area contributed by atoms with Crippen molar-refractivity contribution in [3.63, 3.8) is 0 Å². The van der Waals surface area contributed by atoms with E-state index in [0.717, 1.165) is 51.4 Å². The number of hydrogen-bond donors (Lipinski definition) is 0. The molecule has 1 aliphatic heterocycles. The van der Waals surface area contributed by atoms with E-state index >= 15 is 0 Å². The molecule has 1 saturated heterocycles. The Kier molecular flexibility index (Phi) is 5.88. The fraction of sp³-hybridized carbons (Fsp3) is 0.222. The Morgan fingerprint density at radius 3 is 1.93 bits per heavy atom. The number of hydrogen-bond acceptors (Lipinski definition) is 3. The van der Waals surface area contributed by atoms with Crippen molar-refractivity contribution in [3.05, 3.63) is 109 Å². The van der Waals surface area contributed by atoms with E-state index in [9.17, 15) is 0 Å². The molecule has 3 nitrogen and oxygen atoms in total. The maximum Gasteiger partial charge on any atom is 0.495 e. The lowest BCUT2D eigenvalue weighted by Crippen LogP contribution is -2.41. The van der Waals surface area contributed by atoms with Crippen LogP contribution < -0.4 is 5.46 Å². The molecule has 1 aromatic heterocycles. The molecule has 198 valence electrons. The summed E-state index contributed by atoms with van der Waals surface area (Å²) >= 11 is 0. The van der Waals surface area contributed by atoms with Crippen LogP contribution in [0.5, 0.6) is 0 Å². The molecular weight excluding hydrogens is 491 g/mol. The number of para-hydroxylation sites is 1. The Morgan fingerprint density at radius 1 is 0.650 bits per heavy atom. The monoisotopic (exact) mass is 524 g/mol. The zero-order valence-corrected chi connectivity index (χ0v) is 23.5. The summed E-state index contributed by atoms with van der Waals surface area (Å²) in [5.74, 6) is 0. The van der Waals surface area contributed by atoms with Crippen LogP contribution in [-0.4, -0.2) is 18.3 Å². The molecule has 0 atom stereocenters. The van der Waals surface area contributed by atoms with Crippen molar-refractivity contribution in [2.24, 2.45) is 0 Å². The summed E-state index contributed by atoms with van der Waals surface area (Å²) in [5.41, 5.74) is 9.11. The van der Waals surface area contributed by atoms with E-state index in [4.69, 9.17) is 13.7 Å². The third kappa shape index (κ3) is 4.14. The van der Waals surface area contributed by atoms with Gasteiger partial charge in [-0.25, -0.2) is 0 Å². The molecule has 7 rings (SSSR count). The highest BCUT2D eigenvalue weighted by Crippen LogP contribution is 2.40. The molecular formula is C36H33BO3. The highest BCUT2D eigenvalue weighted by molar-refractivity contribution is 6.66. The molecule has 5 aromatic rings. The Labute approximate surface area is 236 Å². The zero-order valence-electron chi connectivity index (χ0n) is 23.5. The normalized spacial score (nSPS) is 18.0. The van der Waals surface area contributed by atoms with Crippen LogP contribution in [0.4, 0.5) is 0 Å². The molecule has 1 aliphatic carbocycles. The van der Waals surface area contributed by atoms with Gasteiger partial charge in [0.1, 0.15) is 11.2 Å². The van der Waals surface area contributed by atoms with E-state index < -0.39 is 18.3 Å². The molecule has 0 spiro atoms. The highest BCUT2D eigenvalue weighted by Gasteiger charge is 2.52. The molecule has 0 unspecified atom stereocenters. The minimum atomic E-state index is -0.450. The number of fused-ring (bicyclic) bond motifs is 3. The summed E-state index contributed by atoms with van der Waals surface area (Å²) in [6.07, 6.45) is 9.05. The van der Waals surface area contributed by atoms with Crippen LogP contribution in [-0.2, 0) is 9.31 Å². The zero-order chi connectivity index (χ0) is 27.5. The molecule has 0 bridgehead atoms. The number of benzene rings is 4. The number of furan rings is 1. The lowest BCUT2D eigenvalue weighted by atomic mass is 9.76. The minimum Gasteiger partial charge on any atom is -0.455 e. The third-order valence-corrected chi connectivity index (χ3v) is 8.80. The van der Waals surface area contributed by atoms with Crippen LogP contribution in [0.1, 0.15) is 46.1 Å². The molecule has 40 heavy (non-hydrogen) atoms. The number of allylic oxidation sites excluding steroid dienone is 4. The van der Waals surface area contributed by atoms with Crippen LogP contribution in [0.15, 0.2) is 108 Å². The van der Waals surface area contributed by atoms with Gasteiger partial charge in [-0.05, 0) is 79.9 Å². The van der Waals surface area contributed by atoms with Gasteiger partial charge in [0.2, 0.25) is 0 Å². The SMILES string of the molecule is CC1(C)OB(c2cccc3oc4c(-c5ccc(-c6ccc(C7=CCCC=C7)cc6)cc5)cccc4c23)OC1(C)C. The Morgan fingerprint density at radius 2 is 1.27 bits per heavy atom.